The summed E-state index contributed by atoms with van der Waals surface area (Å²) in [6.07, 6.45) is -23.6. The zero-order valence-corrected chi connectivity index (χ0v) is 26.8. The molecule has 1 aromatic heterocycles. The van der Waals surface area contributed by atoms with Crippen LogP contribution in [0.5, 0.6) is 23.0 Å². The van der Waals surface area contributed by atoms with Crippen LogP contribution in [0, 0.1) is 0 Å². The van der Waals surface area contributed by atoms with Crippen molar-refractivity contribution in [2.24, 2.45) is 0 Å². The van der Waals surface area contributed by atoms with Crippen molar-refractivity contribution in [2.45, 2.75) is 86.0 Å². The molecule has 6 rings (SSSR count). The molecule has 3 aliphatic heterocycles. The normalized spacial score (nSPS) is 36.6. The number of hydrogen-bond donors (Lipinski definition) is 12. The minimum Gasteiger partial charge on any atom is -0.508 e. The Balaban J connectivity index is 1.32. The second kappa shape index (κ2) is 15.3. The lowest BCUT2D eigenvalue weighted by Gasteiger charge is -2.45. The number of aliphatic hydroxyl groups excluding tert-OH is 10. The minimum absolute atomic E-state index is 0.120. The van der Waals surface area contributed by atoms with Gasteiger partial charge in [-0.25, -0.2) is 0 Å². The molecular formula is C32H38O20. The molecule has 20 nitrogen and oxygen atoms in total. The molecule has 14 atom stereocenters. The Morgan fingerprint density at radius 3 is 1.79 bits per heavy atom. The third-order valence-electron chi connectivity index (χ3n) is 8.98. The average molecular weight is 743 g/mol. The lowest BCUT2D eigenvalue weighted by molar-refractivity contribution is -0.352. The van der Waals surface area contributed by atoms with Crippen LogP contribution in [-0.4, -0.2) is 167 Å². The molecule has 3 aromatic rings. The van der Waals surface area contributed by atoms with Gasteiger partial charge >= 0.3 is 0 Å². The van der Waals surface area contributed by atoms with Gasteiger partial charge in [0.1, 0.15) is 95.4 Å². The van der Waals surface area contributed by atoms with Gasteiger partial charge in [0, 0.05) is 17.7 Å². The van der Waals surface area contributed by atoms with Crippen LogP contribution >= 0.6 is 0 Å². The lowest BCUT2D eigenvalue weighted by Crippen LogP contribution is -2.65. The maximum atomic E-state index is 14.0. The number of phenolic OH excluding ortho intramolecular Hbond substituents is 2. The predicted octanol–water partition coefficient (Wildman–Crippen LogP) is -4.31. The Morgan fingerprint density at radius 2 is 1.15 bits per heavy atom. The number of fused-ring (bicyclic) bond motifs is 1. The number of aromatic hydroxyl groups is 2. The third-order valence-corrected chi connectivity index (χ3v) is 8.98. The number of ether oxygens (including phenoxy) is 6. The topological polar surface area (TPSA) is 328 Å². The van der Waals surface area contributed by atoms with E-state index in [9.17, 15) is 66.1 Å². The molecule has 0 amide bonds. The van der Waals surface area contributed by atoms with Crippen LogP contribution in [0.1, 0.15) is 0 Å². The zero-order chi connectivity index (χ0) is 37.6. The van der Waals surface area contributed by atoms with Gasteiger partial charge in [-0.15, -0.1) is 0 Å². The summed E-state index contributed by atoms with van der Waals surface area (Å²) >= 11 is 0. The van der Waals surface area contributed by atoms with E-state index in [1.54, 1.807) is 0 Å². The van der Waals surface area contributed by atoms with Crippen molar-refractivity contribution in [3.63, 3.8) is 0 Å². The van der Waals surface area contributed by atoms with Gasteiger partial charge in [-0.3, -0.25) is 4.79 Å². The molecule has 0 saturated carbocycles. The quantitative estimate of drug-likeness (QED) is 0.0934. The first-order valence-corrected chi connectivity index (χ1v) is 15.9. The minimum atomic E-state index is -2.05. The van der Waals surface area contributed by atoms with Gasteiger partial charge in [0.05, 0.1) is 19.8 Å². The highest BCUT2D eigenvalue weighted by atomic mass is 16.7. The summed E-state index contributed by atoms with van der Waals surface area (Å²) in [5.74, 6) is -2.09. The van der Waals surface area contributed by atoms with E-state index >= 15 is 0 Å². The number of aliphatic hydroxyl groups is 10. The summed E-state index contributed by atoms with van der Waals surface area (Å²) < 4.78 is 39.2. The van der Waals surface area contributed by atoms with E-state index < -0.39 is 128 Å². The predicted molar refractivity (Wildman–Crippen MR) is 167 cm³/mol. The second-order valence-corrected chi connectivity index (χ2v) is 12.4. The zero-order valence-electron chi connectivity index (χ0n) is 26.8. The molecule has 3 saturated heterocycles. The van der Waals surface area contributed by atoms with Gasteiger partial charge in [-0.2, -0.15) is 0 Å². The van der Waals surface area contributed by atoms with Gasteiger partial charge in [-0.1, -0.05) is 0 Å². The van der Waals surface area contributed by atoms with Gasteiger partial charge in [0.25, 0.3) is 0 Å². The van der Waals surface area contributed by atoms with Crippen molar-refractivity contribution in [2.75, 3.05) is 19.8 Å². The van der Waals surface area contributed by atoms with Crippen molar-refractivity contribution in [3.05, 3.63) is 46.6 Å². The van der Waals surface area contributed by atoms with Crippen LogP contribution in [0.3, 0.4) is 0 Å². The molecule has 0 spiro atoms. The highest BCUT2D eigenvalue weighted by Crippen LogP contribution is 2.39. The van der Waals surface area contributed by atoms with E-state index in [1.165, 1.54) is 24.3 Å². The Bertz CT molecular complexity index is 1750. The molecular weight excluding hydrogens is 704 g/mol. The van der Waals surface area contributed by atoms with E-state index in [-0.39, 0.29) is 28.4 Å². The molecule has 286 valence electrons. The number of benzene rings is 2. The lowest BCUT2D eigenvalue weighted by atomic mass is 9.97. The number of rotatable bonds is 10. The molecule has 5 unspecified atom stereocenters. The van der Waals surface area contributed by atoms with E-state index in [0.29, 0.717) is 0 Å². The average Bonchev–Trinajstić information content (AvgIpc) is 3.40. The van der Waals surface area contributed by atoms with Crippen molar-refractivity contribution in [3.8, 4) is 34.3 Å². The molecule has 12 N–H and O–H groups in total. The molecule has 0 radical (unpaired) electrons. The molecule has 2 aromatic carbocycles. The van der Waals surface area contributed by atoms with Crippen molar-refractivity contribution < 1.29 is 94.1 Å². The third kappa shape index (κ3) is 7.02. The summed E-state index contributed by atoms with van der Waals surface area (Å²) in [6.45, 7) is -2.32. The monoisotopic (exact) mass is 742 g/mol. The molecule has 20 heteroatoms. The summed E-state index contributed by atoms with van der Waals surface area (Å²) in [5.41, 5.74) is -1.21. The SMILES string of the molecule is O=c1c(O[C@@H]2OC(CO)[C@H](O[C@@H]3OC(CO)[C@@H](O)[C@H](O)C3O)[C@H](O)C2O)c(-c2ccc(O)cc2)oc2cc(O[C@@H]3O[C@@H](CO)C(O)[C@@H]3O)cc(O)c12. The van der Waals surface area contributed by atoms with E-state index in [4.69, 9.17) is 32.8 Å². The molecule has 4 heterocycles. The van der Waals surface area contributed by atoms with Crippen LogP contribution in [0.2, 0.25) is 0 Å². The summed E-state index contributed by atoms with van der Waals surface area (Å²) in [7, 11) is 0. The summed E-state index contributed by atoms with van der Waals surface area (Å²) in [6, 6.07) is 7.29. The van der Waals surface area contributed by atoms with Gasteiger partial charge in [-0.05, 0) is 24.3 Å². The van der Waals surface area contributed by atoms with E-state index in [2.05, 4.69) is 0 Å². The number of hydrogen-bond acceptors (Lipinski definition) is 20. The van der Waals surface area contributed by atoms with Crippen molar-refractivity contribution >= 4 is 11.0 Å². The van der Waals surface area contributed by atoms with Crippen LogP contribution in [0.25, 0.3) is 22.3 Å². The highest BCUT2D eigenvalue weighted by molar-refractivity contribution is 5.88. The van der Waals surface area contributed by atoms with Gasteiger partial charge in [0.2, 0.25) is 23.8 Å². The first-order chi connectivity index (χ1) is 24.8. The Hall–Kier alpha value is -3.71. The van der Waals surface area contributed by atoms with Crippen LogP contribution in [0.4, 0.5) is 0 Å². The maximum Gasteiger partial charge on any atom is 0.239 e. The maximum absolute atomic E-state index is 14.0. The fourth-order valence-electron chi connectivity index (χ4n) is 6.10. The van der Waals surface area contributed by atoms with Crippen LogP contribution in [-0.2, 0) is 18.9 Å². The Kier molecular flexibility index (Phi) is 11.2. The number of phenols is 2. The van der Waals surface area contributed by atoms with Crippen LogP contribution < -0.4 is 14.9 Å². The molecule has 3 aliphatic rings. The van der Waals surface area contributed by atoms with Crippen molar-refractivity contribution in [1.82, 2.24) is 0 Å². The largest absolute Gasteiger partial charge is 0.508 e. The Morgan fingerprint density at radius 1 is 0.615 bits per heavy atom. The molecule has 0 aliphatic carbocycles. The standard InChI is InChI=1S/C32H38O20/c33-7-15-19(38)22(41)25(44)31(49-15)51-28-17(9-35)50-32(26(45)23(28)42)52-29-21(40)18-13(37)5-12(46-30-24(43)20(39)16(8-34)48-30)6-14(18)47-27(29)10-1-3-11(36)4-2-10/h1-6,15-17,19-20,22-26,28,30-39,41-45H,7-9H2/t15?,16-,17?,19+,20?,22-,23+,24-,25?,26?,28-,30+,31-,32-/m0/s1. The first-order valence-electron chi connectivity index (χ1n) is 15.9. The second-order valence-electron chi connectivity index (χ2n) is 12.4. The molecule has 3 fully saturated rings. The first kappa shape index (κ1) is 38.0. The van der Waals surface area contributed by atoms with Crippen LogP contribution in [0.15, 0.2) is 45.6 Å². The van der Waals surface area contributed by atoms with E-state index in [0.717, 1.165) is 12.1 Å². The van der Waals surface area contributed by atoms with Gasteiger partial charge in [0.15, 0.2) is 12.1 Å². The van der Waals surface area contributed by atoms with Gasteiger partial charge < -0.3 is 94.1 Å². The smallest absolute Gasteiger partial charge is 0.239 e. The summed E-state index contributed by atoms with van der Waals surface area (Å²) in [4.78, 5) is 14.0. The summed E-state index contributed by atoms with van der Waals surface area (Å²) in [5, 5.41) is 122. The Labute approximate surface area is 292 Å². The fourth-order valence-corrected chi connectivity index (χ4v) is 6.10. The molecule has 0 bridgehead atoms. The van der Waals surface area contributed by atoms with Crippen molar-refractivity contribution in [1.29, 1.82) is 0 Å². The fraction of sp³-hybridized carbons (Fsp3) is 0.531. The highest BCUT2D eigenvalue weighted by Gasteiger charge is 2.51. The molecule has 52 heavy (non-hydrogen) atoms. The van der Waals surface area contributed by atoms with E-state index in [1.807, 2.05) is 0 Å².